The van der Waals surface area contributed by atoms with Crippen LogP contribution in [-0.4, -0.2) is 46.9 Å². The van der Waals surface area contributed by atoms with Crippen molar-refractivity contribution in [1.82, 2.24) is 5.32 Å². The van der Waals surface area contributed by atoms with Crippen molar-refractivity contribution in [3.63, 3.8) is 0 Å². The van der Waals surface area contributed by atoms with E-state index in [4.69, 9.17) is 4.74 Å². The van der Waals surface area contributed by atoms with Crippen LogP contribution in [0, 0.1) is 0 Å². The van der Waals surface area contributed by atoms with Gasteiger partial charge in [-0.3, -0.25) is 9.59 Å². The van der Waals surface area contributed by atoms with Gasteiger partial charge in [0.05, 0.1) is 25.2 Å². The first-order chi connectivity index (χ1) is 28.5. The third kappa shape index (κ3) is 41.1. The largest absolute Gasteiger partial charge is 0.462 e. The van der Waals surface area contributed by atoms with Crippen molar-refractivity contribution in [3.8, 4) is 0 Å². The van der Waals surface area contributed by atoms with E-state index in [1.165, 1.54) is 154 Å². The normalized spacial score (nSPS) is 13.4. The van der Waals surface area contributed by atoms with Gasteiger partial charge in [-0.25, -0.2) is 0 Å². The number of allylic oxidation sites excluding steroid dienone is 4. The summed E-state index contributed by atoms with van der Waals surface area (Å²) in [4.78, 5) is 26.1. The Morgan fingerprint density at radius 2 is 0.828 bits per heavy atom. The van der Waals surface area contributed by atoms with Gasteiger partial charge in [-0.15, -0.1) is 0 Å². The lowest BCUT2D eigenvalue weighted by atomic mass is 10.0. The smallest absolute Gasteiger partial charge is 0.306 e. The van der Waals surface area contributed by atoms with Crippen LogP contribution in [-0.2, 0) is 14.3 Å². The molecule has 3 N–H and O–H groups in total. The zero-order valence-electron chi connectivity index (χ0n) is 38.9. The topological polar surface area (TPSA) is 95.9 Å². The van der Waals surface area contributed by atoms with Gasteiger partial charge in [-0.1, -0.05) is 206 Å². The molecule has 6 heteroatoms. The Hall–Kier alpha value is -1.66. The number of hydrogen-bond acceptors (Lipinski definition) is 5. The summed E-state index contributed by atoms with van der Waals surface area (Å²) in [6.45, 7) is 6.46. The quantitative estimate of drug-likeness (QED) is 0.0323. The summed E-state index contributed by atoms with van der Waals surface area (Å²) in [5, 5.41) is 23.7. The second-order valence-corrected chi connectivity index (χ2v) is 17.6. The number of hydrogen-bond donors (Lipinski definition) is 3. The van der Waals surface area contributed by atoms with Crippen LogP contribution in [0.2, 0.25) is 0 Å². The molecule has 0 heterocycles. The number of rotatable bonds is 46. The lowest BCUT2D eigenvalue weighted by Gasteiger charge is -2.24. The average Bonchev–Trinajstić information content (AvgIpc) is 3.22. The maximum Gasteiger partial charge on any atom is 0.306 e. The summed E-state index contributed by atoms with van der Waals surface area (Å²) >= 11 is 0. The van der Waals surface area contributed by atoms with Crippen LogP contribution in [0.5, 0.6) is 0 Å². The number of unbranched alkanes of at least 4 members (excludes halogenated alkanes) is 30. The predicted molar refractivity (Wildman–Crippen MR) is 250 cm³/mol. The third-order valence-electron chi connectivity index (χ3n) is 11.8. The molecule has 0 aliphatic rings. The molecule has 0 spiro atoms. The molecule has 0 rings (SSSR count). The van der Waals surface area contributed by atoms with Gasteiger partial charge in [0, 0.05) is 6.42 Å². The Morgan fingerprint density at radius 1 is 0.483 bits per heavy atom. The zero-order chi connectivity index (χ0) is 42.4. The summed E-state index contributed by atoms with van der Waals surface area (Å²) < 4.78 is 5.92. The molecular weight excluding hydrogens is 719 g/mol. The van der Waals surface area contributed by atoms with Gasteiger partial charge in [-0.2, -0.15) is 0 Å². The van der Waals surface area contributed by atoms with E-state index in [9.17, 15) is 19.8 Å². The summed E-state index contributed by atoms with van der Waals surface area (Å²) in [6, 6.07) is -0.703. The molecule has 0 aromatic heterocycles. The number of carbonyl (C=O) groups is 2. The van der Waals surface area contributed by atoms with E-state index in [2.05, 4.69) is 50.4 Å². The first kappa shape index (κ1) is 56.3. The Morgan fingerprint density at radius 3 is 1.28 bits per heavy atom. The van der Waals surface area contributed by atoms with Crippen LogP contribution >= 0.6 is 0 Å². The highest BCUT2D eigenvalue weighted by molar-refractivity contribution is 5.77. The fourth-order valence-electron chi connectivity index (χ4n) is 7.83. The summed E-state index contributed by atoms with van der Waals surface area (Å²) in [5.41, 5.74) is 0. The van der Waals surface area contributed by atoms with E-state index in [1.807, 2.05) is 0 Å². The van der Waals surface area contributed by atoms with Crippen molar-refractivity contribution >= 4 is 11.9 Å². The molecule has 0 aromatic carbocycles. The SMILES string of the molecule is CCCCC/C=C\CCCCCCCC(=O)OC(CCCCC/C=C/CCCCCCCCCCC)CC(=O)NC(CO)C(O)CCCCCCCCCCCCC. The molecule has 0 aliphatic heterocycles. The van der Waals surface area contributed by atoms with E-state index in [1.54, 1.807) is 0 Å². The van der Waals surface area contributed by atoms with Gasteiger partial charge < -0.3 is 20.3 Å². The number of nitrogens with one attached hydrogen (secondary N) is 1. The van der Waals surface area contributed by atoms with Crippen molar-refractivity contribution in [1.29, 1.82) is 0 Å². The second-order valence-electron chi connectivity index (χ2n) is 17.6. The predicted octanol–water partition coefficient (Wildman–Crippen LogP) is 15.1. The molecule has 6 nitrogen and oxygen atoms in total. The molecule has 0 bridgehead atoms. The van der Waals surface area contributed by atoms with Crippen LogP contribution in [0.3, 0.4) is 0 Å². The van der Waals surface area contributed by atoms with Crippen LogP contribution in [0.4, 0.5) is 0 Å². The second kappa shape index (κ2) is 46.4. The molecule has 0 aliphatic carbocycles. The molecule has 0 saturated heterocycles. The van der Waals surface area contributed by atoms with E-state index >= 15 is 0 Å². The molecule has 342 valence electrons. The maximum atomic E-state index is 13.2. The first-order valence-electron chi connectivity index (χ1n) is 25.6. The standard InChI is InChI=1S/C52H99NO5/c1-4-7-10-13-16-19-22-24-25-26-27-29-31-34-37-40-43-48(58-52(57)45-42-39-36-33-30-23-20-17-14-11-8-5-2)46-51(56)53-49(47-54)50(55)44-41-38-35-32-28-21-18-15-12-9-6-3/h17,20,27,29,48-50,54-55H,4-16,18-19,21-26,28,30-47H2,1-3H3,(H,53,56)/b20-17-,29-27+. The summed E-state index contributed by atoms with van der Waals surface area (Å²) in [6.07, 6.45) is 52.4. The van der Waals surface area contributed by atoms with Gasteiger partial charge in [0.15, 0.2) is 0 Å². The summed E-state index contributed by atoms with van der Waals surface area (Å²) in [7, 11) is 0. The number of ether oxygens (including phenoxy) is 1. The maximum absolute atomic E-state index is 13.2. The monoisotopic (exact) mass is 818 g/mol. The highest BCUT2D eigenvalue weighted by Gasteiger charge is 2.24. The zero-order valence-corrected chi connectivity index (χ0v) is 38.9. The Balaban J connectivity index is 4.60. The van der Waals surface area contributed by atoms with Crippen molar-refractivity contribution < 1.29 is 24.5 Å². The number of aliphatic hydroxyl groups is 2. The molecule has 0 saturated carbocycles. The van der Waals surface area contributed by atoms with Crippen molar-refractivity contribution in [3.05, 3.63) is 24.3 Å². The molecule has 1 amide bonds. The number of esters is 1. The lowest BCUT2D eigenvalue weighted by Crippen LogP contribution is -2.46. The highest BCUT2D eigenvalue weighted by atomic mass is 16.5. The first-order valence-corrected chi connectivity index (χ1v) is 25.6. The Bertz CT molecular complexity index is 919. The Labute approximate surface area is 361 Å². The minimum absolute atomic E-state index is 0.0675. The minimum Gasteiger partial charge on any atom is -0.462 e. The third-order valence-corrected chi connectivity index (χ3v) is 11.8. The number of amides is 1. The lowest BCUT2D eigenvalue weighted by molar-refractivity contribution is -0.151. The van der Waals surface area contributed by atoms with Gasteiger partial charge in [0.25, 0.3) is 0 Å². The molecule has 58 heavy (non-hydrogen) atoms. The van der Waals surface area contributed by atoms with Crippen molar-refractivity contribution in [2.75, 3.05) is 6.61 Å². The van der Waals surface area contributed by atoms with Crippen molar-refractivity contribution in [2.24, 2.45) is 0 Å². The van der Waals surface area contributed by atoms with Gasteiger partial charge in [-0.05, 0) is 77.0 Å². The fourth-order valence-corrected chi connectivity index (χ4v) is 7.83. The highest BCUT2D eigenvalue weighted by Crippen LogP contribution is 2.17. The molecule has 3 atom stereocenters. The fraction of sp³-hybridized carbons (Fsp3) is 0.885. The van der Waals surface area contributed by atoms with E-state index in [0.29, 0.717) is 19.3 Å². The number of aliphatic hydroxyl groups excluding tert-OH is 2. The Kier molecular flexibility index (Phi) is 45.1. The van der Waals surface area contributed by atoms with Crippen LogP contribution in [0.25, 0.3) is 0 Å². The van der Waals surface area contributed by atoms with Crippen molar-refractivity contribution in [2.45, 2.75) is 289 Å². The number of carbonyl (C=O) groups excluding carboxylic acids is 2. The average molecular weight is 818 g/mol. The van der Waals surface area contributed by atoms with E-state index < -0.39 is 18.2 Å². The molecular formula is C52H99NO5. The minimum atomic E-state index is -0.788. The van der Waals surface area contributed by atoms with Crippen LogP contribution in [0.1, 0.15) is 271 Å². The molecule has 0 fully saturated rings. The van der Waals surface area contributed by atoms with Gasteiger partial charge in [0.2, 0.25) is 5.91 Å². The van der Waals surface area contributed by atoms with Crippen LogP contribution < -0.4 is 5.32 Å². The van der Waals surface area contributed by atoms with Crippen LogP contribution in [0.15, 0.2) is 24.3 Å². The van der Waals surface area contributed by atoms with Gasteiger partial charge in [0.1, 0.15) is 6.10 Å². The van der Waals surface area contributed by atoms with E-state index in [-0.39, 0.29) is 24.9 Å². The molecule has 0 radical (unpaired) electrons. The molecule has 0 aromatic rings. The summed E-state index contributed by atoms with van der Waals surface area (Å²) in [5.74, 6) is -0.490. The molecule has 3 unspecified atom stereocenters. The van der Waals surface area contributed by atoms with E-state index in [0.717, 1.165) is 70.6 Å². The van der Waals surface area contributed by atoms with Gasteiger partial charge >= 0.3 is 5.97 Å².